The Morgan fingerprint density at radius 3 is 2.57 bits per heavy atom. The summed E-state index contributed by atoms with van der Waals surface area (Å²) in [6, 6.07) is 13.2. The van der Waals surface area contributed by atoms with E-state index >= 15 is 0 Å². The third-order valence-corrected chi connectivity index (χ3v) is 6.50. The predicted octanol–water partition coefficient (Wildman–Crippen LogP) is 5.02. The lowest BCUT2D eigenvalue weighted by Crippen LogP contribution is -2.29. The number of carbonyl (C=O) groups excluding carboxylic acids is 2. The molecule has 0 bridgehead atoms. The van der Waals surface area contributed by atoms with Crippen LogP contribution in [-0.2, 0) is 22.6 Å². The van der Waals surface area contributed by atoms with Gasteiger partial charge >= 0.3 is 0 Å². The molecule has 1 fully saturated rings. The number of Topliss-reactive ketones (excluding diaryl/α,β-unsaturated/α-hetero) is 1. The Morgan fingerprint density at radius 2 is 1.84 bits per heavy atom. The summed E-state index contributed by atoms with van der Waals surface area (Å²) < 4.78 is 22.7. The normalized spacial score (nSPS) is 20.1. The smallest absolute Gasteiger partial charge is 0.296 e. The quantitative estimate of drug-likeness (QED) is 0.262. The van der Waals surface area contributed by atoms with E-state index in [4.69, 9.17) is 18.6 Å². The lowest BCUT2D eigenvalue weighted by atomic mass is 9.94. The van der Waals surface area contributed by atoms with Crippen molar-refractivity contribution in [3.8, 4) is 17.2 Å². The SMILES string of the molecule is CCOc1ccc([C@H]2C(=C(O)c3ccc4c(c3)C[C@H](C)O4)C(=O)C(=O)N2Cc2ccco2)cc1OCC. The van der Waals surface area contributed by atoms with Crippen molar-refractivity contribution in [2.24, 2.45) is 0 Å². The summed E-state index contributed by atoms with van der Waals surface area (Å²) in [5.74, 6) is 0.620. The molecule has 192 valence electrons. The molecule has 1 aromatic heterocycles. The fourth-order valence-electron chi connectivity index (χ4n) is 4.92. The molecule has 0 aliphatic carbocycles. The van der Waals surface area contributed by atoms with E-state index in [2.05, 4.69) is 0 Å². The molecule has 2 aliphatic rings. The largest absolute Gasteiger partial charge is 0.507 e. The van der Waals surface area contributed by atoms with Gasteiger partial charge in [0.25, 0.3) is 11.7 Å². The third kappa shape index (κ3) is 4.55. The van der Waals surface area contributed by atoms with Gasteiger partial charge in [-0.15, -0.1) is 0 Å². The molecule has 2 aromatic carbocycles. The van der Waals surface area contributed by atoms with Crippen LogP contribution in [0.5, 0.6) is 17.2 Å². The van der Waals surface area contributed by atoms with Gasteiger partial charge in [-0.1, -0.05) is 6.07 Å². The second-order valence-corrected chi connectivity index (χ2v) is 9.03. The lowest BCUT2D eigenvalue weighted by molar-refractivity contribution is -0.140. The van der Waals surface area contributed by atoms with Crippen molar-refractivity contribution in [1.82, 2.24) is 4.90 Å². The first-order chi connectivity index (χ1) is 17.9. The summed E-state index contributed by atoms with van der Waals surface area (Å²) in [4.78, 5) is 28.1. The number of ketones is 1. The molecule has 8 nitrogen and oxygen atoms in total. The maximum atomic E-state index is 13.4. The molecule has 3 aromatic rings. The van der Waals surface area contributed by atoms with Crippen LogP contribution in [0, 0.1) is 0 Å². The Labute approximate surface area is 215 Å². The Bertz CT molecular complexity index is 1360. The van der Waals surface area contributed by atoms with Gasteiger partial charge in [0.15, 0.2) is 11.5 Å². The number of carbonyl (C=O) groups is 2. The average Bonchev–Trinajstić information content (AvgIpc) is 3.59. The van der Waals surface area contributed by atoms with Crippen LogP contribution in [0.4, 0.5) is 0 Å². The van der Waals surface area contributed by atoms with Crippen molar-refractivity contribution in [2.75, 3.05) is 13.2 Å². The van der Waals surface area contributed by atoms with Gasteiger partial charge < -0.3 is 28.6 Å². The molecule has 1 N–H and O–H groups in total. The van der Waals surface area contributed by atoms with Gasteiger partial charge in [0.2, 0.25) is 0 Å². The number of benzene rings is 2. The monoisotopic (exact) mass is 503 g/mol. The average molecular weight is 504 g/mol. The number of nitrogens with zero attached hydrogens (tertiary/aromatic N) is 1. The van der Waals surface area contributed by atoms with E-state index in [0.29, 0.717) is 48.0 Å². The number of hydrogen-bond acceptors (Lipinski definition) is 7. The maximum Gasteiger partial charge on any atom is 0.296 e. The number of aliphatic hydroxyl groups is 1. The van der Waals surface area contributed by atoms with Gasteiger partial charge in [0.1, 0.15) is 23.4 Å². The zero-order valence-electron chi connectivity index (χ0n) is 21.0. The van der Waals surface area contributed by atoms with E-state index in [0.717, 1.165) is 11.3 Å². The highest BCUT2D eigenvalue weighted by molar-refractivity contribution is 6.46. The van der Waals surface area contributed by atoms with E-state index < -0.39 is 17.7 Å². The number of rotatable bonds is 8. The molecular weight excluding hydrogens is 474 g/mol. The molecule has 2 atom stereocenters. The molecule has 2 aliphatic heterocycles. The first-order valence-corrected chi connectivity index (χ1v) is 12.4. The van der Waals surface area contributed by atoms with E-state index in [1.54, 1.807) is 42.5 Å². The minimum Gasteiger partial charge on any atom is -0.507 e. The zero-order chi connectivity index (χ0) is 26.1. The molecule has 8 heteroatoms. The minimum atomic E-state index is -0.858. The van der Waals surface area contributed by atoms with Crippen molar-refractivity contribution in [2.45, 2.75) is 45.9 Å². The number of likely N-dealkylation sites (tertiary alicyclic amines) is 1. The predicted molar refractivity (Wildman–Crippen MR) is 136 cm³/mol. The Kier molecular flexibility index (Phi) is 6.65. The van der Waals surface area contributed by atoms with Gasteiger partial charge in [-0.05, 0) is 74.4 Å². The first kappa shape index (κ1) is 24.5. The molecule has 0 spiro atoms. The summed E-state index contributed by atoms with van der Waals surface area (Å²) in [5.41, 5.74) is 2.01. The lowest BCUT2D eigenvalue weighted by Gasteiger charge is -2.25. The minimum absolute atomic E-state index is 0.00933. The molecule has 37 heavy (non-hydrogen) atoms. The molecule has 0 unspecified atom stereocenters. The summed E-state index contributed by atoms with van der Waals surface area (Å²) >= 11 is 0. The van der Waals surface area contributed by atoms with Gasteiger partial charge in [-0.2, -0.15) is 0 Å². The van der Waals surface area contributed by atoms with E-state index in [1.807, 2.05) is 26.8 Å². The fraction of sp³-hybridized carbons (Fsp3) is 0.310. The van der Waals surface area contributed by atoms with Gasteiger partial charge in [0.05, 0.1) is 37.6 Å². The molecule has 0 radical (unpaired) electrons. The Hall–Kier alpha value is -4.20. The van der Waals surface area contributed by atoms with Crippen molar-refractivity contribution in [1.29, 1.82) is 0 Å². The molecule has 5 rings (SSSR count). The summed E-state index contributed by atoms with van der Waals surface area (Å²) in [5, 5.41) is 11.5. The van der Waals surface area contributed by atoms with Crippen LogP contribution >= 0.6 is 0 Å². The molecule has 3 heterocycles. The van der Waals surface area contributed by atoms with Crippen LogP contribution in [0.2, 0.25) is 0 Å². The Morgan fingerprint density at radius 1 is 1.05 bits per heavy atom. The fourth-order valence-corrected chi connectivity index (χ4v) is 4.92. The van der Waals surface area contributed by atoms with Crippen LogP contribution in [0.1, 0.15) is 49.3 Å². The second kappa shape index (κ2) is 10.0. The number of hydrogen-bond donors (Lipinski definition) is 1. The standard InChI is InChI=1S/C29H29NO7/c1-4-34-23-11-8-18(15-24(23)35-5-2)26-25(28(32)29(33)30(26)16-21-7-6-12-36-21)27(31)19-9-10-22-20(14-19)13-17(3)37-22/h6-12,14-15,17,26,31H,4-5,13,16H2,1-3H3/t17-,26-/m0/s1. The van der Waals surface area contributed by atoms with E-state index in [1.165, 1.54) is 11.2 Å². The maximum absolute atomic E-state index is 13.4. The van der Waals surface area contributed by atoms with Crippen molar-refractivity contribution >= 4 is 17.4 Å². The second-order valence-electron chi connectivity index (χ2n) is 9.03. The zero-order valence-corrected chi connectivity index (χ0v) is 21.0. The van der Waals surface area contributed by atoms with Gasteiger partial charge in [0, 0.05) is 12.0 Å². The number of amides is 1. The summed E-state index contributed by atoms with van der Waals surface area (Å²) in [7, 11) is 0. The van der Waals surface area contributed by atoms with Crippen molar-refractivity contribution in [3.05, 3.63) is 82.8 Å². The summed E-state index contributed by atoms with van der Waals surface area (Å²) in [6.45, 7) is 6.64. The van der Waals surface area contributed by atoms with Gasteiger partial charge in [-0.25, -0.2) is 0 Å². The highest BCUT2D eigenvalue weighted by Gasteiger charge is 2.46. The van der Waals surface area contributed by atoms with Crippen LogP contribution in [-0.4, -0.2) is 41.0 Å². The highest BCUT2D eigenvalue weighted by atomic mass is 16.5. The van der Waals surface area contributed by atoms with Crippen LogP contribution < -0.4 is 14.2 Å². The summed E-state index contributed by atoms with van der Waals surface area (Å²) in [6.07, 6.45) is 2.24. The van der Waals surface area contributed by atoms with Crippen LogP contribution in [0.15, 0.2) is 64.8 Å². The molecule has 1 amide bonds. The van der Waals surface area contributed by atoms with Crippen molar-refractivity contribution in [3.63, 3.8) is 0 Å². The molecule has 0 saturated carbocycles. The highest BCUT2D eigenvalue weighted by Crippen LogP contribution is 2.43. The number of ether oxygens (including phenoxy) is 3. The van der Waals surface area contributed by atoms with Crippen LogP contribution in [0.25, 0.3) is 5.76 Å². The number of aliphatic hydroxyl groups excluding tert-OH is 1. The molecular formula is C29H29NO7. The number of fused-ring (bicyclic) bond motifs is 1. The topological polar surface area (TPSA) is 98.4 Å². The van der Waals surface area contributed by atoms with E-state index in [-0.39, 0.29) is 24.0 Å². The van der Waals surface area contributed by atoms with E-state index in [9.17, 15) is 14.7 Å². The first-order valence-electron chi connectivity index (χ1n) is 12.4. The van der Waals surface area contributed by atoms with Crippen molar-refractivity contribution < 1.29 is 33.3 Å². The van der Waals surface area contributed by atoms with Crippen LogP contribution in [0.3, 0.4) is 0 Å². The third-order valence-electron chi connectivity index (χ3n) is 6.50. The van der Waals surface area contributed by atoms with Gasteiger partial charge in [-0.3, -0.25) is 9.59 Å². The molecule has 1 saturated heterocycles. The number of furan rings is 1. The Balaban J connectivity index is 1.64.